The van der Waals surface area contributed by atoms with Crippen molar-refractivity contribution in [2.45, 2.75) is 25.4 Å². The van der Waals surface area contributed by atoms with Gasteiger partial charge in [0.05, 0.1) is 29.2 Å². The molecule has 4 aromatic carbocycles. The lowest BCUT2D eigenvalue weighted by Gasteiger charge is -2.16. The second-order valence-corrected chi connectivity index (χ2v) is 13.3. The molecule has 0 atom stereocenters. The van der Waals surface area contributed by atoms with E-state index in [0.29, 0.717) is 50.7 Å². The van der Waals surface area contributed by atoms with Crippen LogP contribution in [0.4, 0.5) is 18.9 Å². The topological polar surface area (TPSA) is 96.7 Å². The molecule has 0 amide bonds. The molecule has 1 aliphatic heterocycles. The number of rotatable bonds is 10. The van der Waals surface area contributed by atoms with Crippen LogP contribution in [0.15, 0.2) is 109 Å². The van der Waals surface area contributed by atoms with E-state index >= 15 is 0 Å². The summed E-state index contributed by atoms with van der Waals surface area (Å²) in [7, 11) is -4.00. The van der Waals surface area contributed by atoms with Gasteiger partial charge in [-0.05, 0) is 71.6 Å². The van der Waals surface area contributed by atoms with Gasteiger partial charge in [-0.25, -0.2) is 14.0 Å². The van der Waals surface area contributed by atoms with Gasteiger partial charge < -0.3 is 14.4 Å². The number of ether oxygens (including phenoxy) is 1. The highest BCUT2D eigenvalue weighted by Crippen LogP contribution is 2.33. The Kier molecular flexibility index (Phi) is 9.33. The molecule has 8 nitrogen and oxygen atoms in total. The molecular formula is C34H27Cl2F3N4O4S. The summed E-state index contributed by atoms with van der Waals surface area (Å²) in [4.78, 5) is 4.91. The predicted molar refractivity (Wildman–Crippen MR) is 180 cm³/mol. The second kappa shape index (κ2) is 13.5. The van der Waals surface area contributed by atoms with Gasteiger partial charge in [0, 0.05) is 35.3 Å². The van der Waals surface area contributed by atoms with Crippen molar-refractivity contribution in [3.8, 4) is 33.8 Å². The lowest BCUT2D eigenvalue weighted by Crippen LogP contribution is -2.29. The maximum Gasteiger partial charge on any atom is 0.389 e. The fraction of sp³-hybridized carbons (Fsp3) is 0.147. The molecule has 2 heterocycles. The highest BCUT2D eigenvalue weighted by molar-refractivity contribution is 7.91. The monoisotopic (exact) mass is 714 g/mol. The molecule has 1 aliphatic rings. The zero-order valence-corrected chi connectivity index (χ0v) is 27.3. The molecule has 0 saturated heterocycles. The van der Waals surface area contributed by atoms with Gasteiger partial charge in [-0.3, -0.25) is 0 Å². The van der Waals surface area contributed by atoms with Crippen molar-refractivity contribution in [1.82, 2.24) is 14.3 Å². The predicted octanol–water partition coefficient (Wildman–Crippen LogP) is 8.84. The molecule has 0 spiro atoms. The number of nitrogens with one attached hydrogen (secondary N) is 1. The molecule has 0 bridgehead atoms. The van der Waals surface area contributed by atoms with Gasteiger partial charge in [0.1, 0.15) is 11.6 Å². The molecule has 0 saturated carbocycles. The quantitative estimate of drug-likeness (QED) is 0.141. The first-order valence-corrected chi connectivity index (χ1v) is 16.8. The highest BCUT2D eigenvalue weighted by atomic mass is 35.5. The largest absolute Gasteiger partial charge is 0.494 e. The van der Waals surface area contributed by atoms with Crippen LogP contribution in [0.25, 0.3) is 28.1 Å². The highest BCUT2D eigenvalue weighted by Gasteiger charge is 2.29. The molecule has 48 heavy (non-hydrogen) atoms. The Labute approximate surface area is 284 Å². The van der Waals surface area contributed by atoms with Crippen molar-refractivity contribution in [3.63, 3.8) is 0 Å². The summed E-state index contributed by atoms with van der Waals surface area (Å²) < 4.78 is 72.8. The summed E-state index contributed by atoms with van der Waals surface area (Å²) in [6.45, 7) is -0.0371. The van der Waals surface area contributed by atoms with Crippen LogP contribution in [0.1, 0.15) is 24.2 Å². The number of halogens is 5. The van der Waals surface area contributed by atoms with Crippen LogP contribution in [-0.2, 0) is 16.6 Å². The van der Waals surface area contributed by atoms with E-state index in [0.717, 1.165) is 27.2 Å². The minimum atomic E-state index is -4.21. The first kappa shape index (κ1) is 33.3. The van der Waals surface area contributed by atoms with Crippen LogP contribution >= 0.6 is 23.2 Å². The fourth-order valence-corrected chi connectivity index (χ4v) is 6.75. The zero-order chi connectivity index (χ0) is 34.1. The molecule has 2 N–H and O–H groups in total. The summed E-state index contributed by atoms with van der Waals surface area (Å²) in [5, 5.41) is 10.7. The van der Waals surface area contributed by atoms with E-state index in [1.807, 2.05) is 51.9 Å². The molecule has 0 unspecified atom stereocenters. The van der Waals surface area contributed by atoms with Crippen LogP contribution in [0.3, 0.4) is 0 Å². The average Bonchev–Trinajstić information content (AvgIpc) is 3.57. The van der Waals surface area contributed by atoms with E-state index < -0.39 is 28.7 Å². The lowest BCUT2D eigenvalue weighted by atomic mass is 10.0. The van der Waals surface area contributed by atoms with E-state index in [4.69, 9.17) is 32.9 Å². The molecule has 14 heteroatoms. The Morgan fingerprint density at radius 1 is 0.896 bits per heavy atom. The van der Waals surface area contributed by atoms with Gasteiger partial charge in [0.15, 0.2) is 0 Å². The number of aliphatic hydroxyl groups is 1. The lowest BCUT2D eigenvalue weighted by molar-refractivity contribution is -0.136. The van der Waals surface area contributed by atoms with Gasteiger partial charge in [0.2, 0.25) is 5.88 Å². The van der Waals surface area contributed by atoms with E-state index in [9.17, 15) is 26.7 Å². The number of hydrogen-bond donors (Lipinski definition) is 2. The Balaban J connectivity index is 1.28. The number of imidazole rings is 1. The normalized spacial score (nSPS) is 14.1. The number of nitrogens with zero attached hydrogens (tertiary/aromatic N) is 3. The number of aliphatic hydroxyl groups excluding tert-OH is 1. The molecule has 0 aliphatic carbocycles. The summed E-state index contributed by atoms with van der Waals surface area (Å²) >= 11 is 12.7. The Hall–Kier alpha value is -4.65. The SMILES string of the molecule is O=S1(=O)NC(O)=CN1c1cccc(-n2cc(-c3ccc(Cl)cc3Cl)nc2Cc2ccc(-c3cccc(OCCCC(F)(F)F)c3)cc2)c1. The van der Waals surface area contributed by atoms with Gasteiger partial charge in [-0.2, -0.15) is 21.6 Å². The third-order valence-electron chi connectivity index (χ3n) is 7.44. The maximum absolute atomic E-state index is 12.5. The minimum Gasteiger partial charge on any atom is -0.494 e. The van der Waals surface area contributed by atoms with Crippen LogP contribution in [0.5, 0.6) is 5.75 Å². The van der Waals surface area contributed by atoms with Crippen LogP contribution in [0.2, 0.25) is 10.0 Å². The van der Waals surface area contributed by atoms with Crippen LogP contribution in [0, 0.1) is 0 Å². The van der Waals surface area contributed by atoms with Gasteiger partial charge in [-0.1, -0.05) is 65.7 Å². The molecule has 6 rings (SSSR count). The summed E-state index contributed by atoms with van der Waals surface area (Å²) in [6, 6.07) is 26.8. The number of alkyl halides is 3. The summed E-state index contributed by atoms with van der Waals surface area (Å²) in [5.74, 6) is 0.627. The minimum absolute atomic E-state index is 0.0371. The molecule has 0 radical (unpaired) electrons. The van der Waals surface area contributed by atoms with Crippen molar-refractivity contribution >= 4 is 39.1 Å². The van der Waals surface area contributed by atoms with Gasteiger partial charge in [0.25, 0.3) is 0 Å². The van der Waals surface area contributed by atoms with Crippen molar-refractivity contribution in [3.05, 3.63) is 131 Å². The Morgan fingerprint density at radius 3 is 2.35 bits per heavy atom. The molecule has 248 valence electrons. The number of hydrogen-bond acceptors (Lipinski definition) is 5. The van der Waals surface area contributed by atoms with Crippen molar-refractivity contribution in [2.24, 2.45) is 0 Å². The van der Waals surface area contributed by atoms with Crippen molar-refractivity contribution in [1.29, 1.82) is 0 Å². The molecule has 1 aromatic heterocycles. The third-order valence-corrected chi connectivity index (χ3v) is 9.29. The summed E-state index contributed by atoms with van der Waals surface area (Å²) in [5.41, 5.74) is 4.81. The first-order valence-electron chi connectivity index (χ1n) is 14.6. The molecular weight excluding hydrogens is 688 g/mol. The zero-order valence-electron chi connectivity index (χ0n) is 25.0. The van der Waals surface area contributed by atoms with Crippen LogP contribution < -0.4 is 13.8 Å². The maximum atomic E-state index is 12.5. The van der Waals surface area contributed by atoms with Crippen LogP contribution in [-0.4, -0.2) is 35.9 Å². The fourth-order valence-electron chi connectivity index (χ4n) is 5.20. The number of aromatic nitrogens is 2. The Morgan fingerprint density at radius 2 is 1.65 bits per heavy atom. The van der Waals surface area contributed by atoms with Gasteiger partial charge in [-0.15, -0.1) is 0 Å². The first-order chi connectivity index (χ1) is 22.8. The Bertz CT molecular complexity index is 2100. The van der Waals surface area contributed by atoms with E-state index in [1.54, 1.807) is 54.6 Å². The summed E-state index contributed by atoms with van der Waals surface area (Å²) in [6.07, 6.45) is -1.95. The third kappa shape index (κ3) is 7.73. The standard InChI is InChI=1S/C34H27Cl2F3N4O4S/c35-25-12-13-29(30(36)18-25)31-20-42(26-5-2-6-27(19-26)43-21-33(44)41-48(43,45)46)32(40-31)16-22-8-10-23(11-9-22)24-4-1-7-28(17-24)47-15-3-14-34(37,38)39/h1-2,4-13,17-21,41,44H,3,14-16H2. The van der Waals surface area contributed by atoms with Crippen molar-refractivity contribution < 1.29 is 31.4 Å². The number of anilines is 1. The number of benzene rings is 4. The van der Waals surface area contributed by atoms with Crippen molar-refractivity contribution in [2.75, 3.05) is 10.9 Å². The van der Waals surface area contributed by atoms with E-state index in [-0.39, 0.29) is 13.0 Å². The second-order valence-electron chi connectivity index (χ2n) is 10.9. The smallest absolute Gasteiger partial charge is 0.389 e. The van der Waals surface area contributed by atoms with E-state index in [1.165, 1.54) is 0 Å². The van der Waals surface area contributed by atoms with E-state index in [2.05, 4.69) is 0 Å². The molecule has 0 fully saturated rings. The van der Waals surface area contributed by atoms with Gasteiger partial charge >= 0.3 is 16.4 Å². The molecule has 5 aromatic rings. The average molecular weight is 716 g/mol.